The van der Waals surface area contributed by atoms with E-state index < -0.39 is 0 Å². The van der Waals surface area contributed by atoms with E-state index in [1.165, 1.54) is 6.07 Å². The summed E-state index contributed by atoms with van der Waals surface area (Å²) >= 11 is 3.44. The number of nitriles is 1. The van der Waals surface area contributed by atoms with Gasteiger partial charge in [0.1, 0.15) is 5.82 Å². The Morgan fingerprint density at radius 3 is 2.70 bits per heavy atom. The lowest BCUT2D eigenvalue weighted by Gasteiger charge is -2.20. The van der Waals surface area contributed by atoms with Crippen molar-refractivity contribution in [3.63, 3.8) is 0 Å². The molecule has 0 heterocycles. The molecule has 0 saturated carbocycles. The highest BCUT2D eigenvalue weighted by Crippen LogP contribution is 2.29. The predicted molar refractivity (Wildman–Crippen MR) is 81.9 cm³/mol. The minimum atomic E-state index is -0.235. The monoisotopic (exact) mass is 332 g/mol. The highest BCUT2D eigenvalue weighted by atomic mass is 79.9. The Morgan fingerprint density at radius 1 is 1.30 bits per heavy atom. The Kier molecular flexibility index (Phi) is 4.75. The molecule has 2 nitrogen and oxygen atoms in total. The van der Waals surface area contributed by atoms with Crippen LogP contribution in [0.15, 0.2) is 46.9 Å². The highest BCUT2D eigenvalue weighted by Gasteiger charge is 2.11. The van der Waals surface area contributed by atoms with E-state index in [2.05, 4.69) is 27.3 Å². The first-order valence-corrected chi connectivity index (χ1v) is 7.15. The fourth-order valence-electron chi connectivity index (χ4n) is 2.03. The Balaban J connectivity index is 2.25. The zero-order valence-electron chi connectivity index (χ0n) is 11.0. The molecule has 102 valence electrons. The van der Waals surface area contributed by atoms with Crippen LogP contribution in [0.2, 0.25) is 0 Å². The molecule has 2 rings (SSSR count). The number of nitrogens with one attached hydrogen (secondary N) is 1. The number of halogens is 2. The van der Waals surface area contributed by atoms with Gasteiger partial charge in [-0.3, -0.25) is 0 Å². The van der Waals surface area contributed by atoms with Crippen LogP contribution in [-0.2, 0) is 0 Å². The van der Waals surface area contributed by atoms with Crippen LogP contribution >= 0.6 is 15.9 Å². The molecule has 4 heteroatoms. The van der Waals surface area contributed by atoms with Gasteiger partial charge in [-0.2, -0.15) is 5.26 Å². The van der Waals surface area contributed by atoms with Crippen molar-refractivity contribution in [3.05, 3.63) is 63.9 Å². The van der Waals surface area contributed by atoms with E-state index in [9.17, 15) is 4.39 Å². The third kappa shape index (κ3) is 3.37. The van der Waals surface area contributed by atoms with Crippen LogP contribution in [0, 0.1) is 17.1 Å². The second-order valence-electron chi connectivity index (χ2n) is 4.47. The standard InChI is InChI=1S/C16H14BrFN2/c1-2-15(12-4-3-5-13(18)9-12)20-16-7-6-11(10-19)8-14(16)17/h3-9,15,20H,2H2,1H3. The highest BCUT2D eigenvalue weighted by molar-refractivity contribution is 9.10. The topological polar surface area (TPSA) is 35.8 Å². The van der Waals surface area contributed by atoms with Gasteiger partial charge in [-0.25, -0.2) is 4.39 Å². The minimum Gasteiger partial charge on any atom is -0.377 e. The Morgan fingerprint density at radius 2 is 2.10 bits per heavy atom. The fourth-order valence-corrected chi connectivity index (χ4v) is 2.53. The minimum absolute atomic E-state index is 0.0231. The van der Waals surface area contributed by atoms with Gasteiger partial charge < -0.3 is 5.32 Å². The van der Waals surface area contributed by atoms with E-state index in [4.69, 9.17) is 5.26 Å². The predicted octanol–water partition coefficient (Wildman–Crippen LogP) is 5.02. The number of hydrogen-bond donors (Lipinski definition) is 1. The molecule has 0 radical (unpaired) electrons. The fraction of sp³-hybridized carbons (Fsp3) is 0.188. The van der Waals surface area contributed by atoms with Gasteiger partial charge in [-0.05, 0) is 58.2 Å². The maximum atomic E-state index is 13.3. The van der Waals surface area contributed by atoms with Crippen molar-refractivity contribution in [2.75, 3.05) is 5.32 Å². The molecule has 0 amide bonds. The van der Waals surface area contributed by atoms with Crippen LogP contribution in [0.3, 0.4) is 0 Å². The Bertz CT molecular complexity index is 649. The molecule has 1 atom stereocenters. The van der Waals surface area contributed by atoms with Crippen molar-refractivity contribution in [1.82, 2.24) is 0 Å². The third-order valence-corrected chi connectivity index (χ3v) is 3.74. The molecule has 0 spiro atoms. The first-order chi connectivity index (χ1) is 9.63. The molecule has 0 aliphatic heterocycles. The summed E-state index contributed by atoms with van der Waals surface area (Å²) in [5.74, 6) is -0.235. The van der Waals surface area contributed by atoms with E-state index >= 15 is 0 Å². The van der Waals surface area contributed by atoms with Crippen molar-refractivity contribution in [3.8, 4) is 6.07 Å². The summed E-state index contributed by atoms with van der Waals surface area (Å²) in [5, 5.41) is 12.2. The van der Waals surface area contributed by atoms with E-state index in [-0.39, 0.29) is 11.9 Å². The van der Waals surface area contributed by atoms with Gasteiger partial charge in [0, 0.05) is 10.2 Å². The smallest absolute Gasteiger partial charge is 0.123 e. The largest absolute Gasteiger partial charge is 0.377 e. The third-order valence-electron chi connectivity index (χ3n) is 3.09. The van der Waals surface area contributed by atoms with E-state index in [1.807, 2.05) is 19.1 Å². The molecule has 0 fully saturated rings. The molecule has 0 aliphatic rings. The van der Waals surface area contributed by atoms with E-state index in [0.29, 0.717) is 5.56 Å². The lowest BCUT2D eigenvalue weighted by molar-refractivity contribution is 0.621. The second-order valence-corrected chi connectivity index (χ2v) is 5.32. The van der Waals surface area contributed by atoms with Gasteiger partial charge in [0.05, 0.1) is 17.7 Å². The molecule has 0 aliphatic carbocycles. The first kappa shape index (κ1) is 14.5. The second kappa shape index (κ2) is 6.53. The summed E-state index contributed by atoms with van der Waals surface area (Å²) in [6.07, 6.45) is 0.829. The summed E-state index contributed by atoms with van der Waals surface area (Å²) < 4.78 is 14.1. The quantitative estimate of drug-likeness (QED) is 0.852. The zero-order chi connectivity index (χ0) is 14.5. The number of rotatable bonds is 4. The SMILES string of the molecule is CCC(Nc1ccc(C#N)cc1Br)c1cccc(F)c1. The van der Waals surface area contributed by atoms with Crippen LogP contribution in [0.1, 0.15) is 30.5 Å². The number of anilines is 1. The molecule has 1 unspecified atom stereocenters. The van der Waals surface area contributed by atoms with Gasteiger partial charge in [0.25, 0.3) is 0 Å². The van der Waals surface area contributed by atoms with Gasteiger partial charge in [0.2, 0.25) is 0 Å². The molecule has 2 aromatic carbocycles. The van der Waals surface area contributed by atoms with Crippen molar-refractivity contribution in [2.24, 2.45) is 0 Å². The molecule has 0 aromatic heterocycles. The van der Waals surface area contributed by atoms with Crippen LogP contribution in [0.4, 0.5) is 10.1 Å². The molecular weight excluding hydrogens is 319 g/mol. The van der Waals surface area contributed by atoms with Gasteiger partial charge in [0.15, 0.2) is 0 Å². The Hall–Kier alpha value is -1.86. The van der Waals surface area contributed by atoms with Crippen molar-refractivity contribution >= 4 is 21.6 Å². The van der Waals surface area contributed by atoms with Gasteiger partial charge in [-0.1, -0.05) is 19.1 Å². The molecule has 1 N–H and O–H groups in total. The summed E-state index contributed by atoms with van der Waals surface area (Å²) in [6, 6.07) is 14.1. The number of nitrogens with zero attached hydrogens (tertiary/aromatic N) is 1. The molecule has 2 aromatic rings. The lowest BCUT2D eigenvalue weighted by Crippen LogP contribution is -2.10. The molecule has 20 heavy (non-hydrogen) atoms. The van der Waals surface area contributed by atoms with Crippen molar-refractivity contribution in [1.29, 1.82) is 5.26 Å². The Labute approximate surface area is 126 Å². The maximum absolute atomic E-state index is 13.3. The summed E-state index contributed by atoms with van der Waals surface area (Å²) in [4.78, 5) is 0. The van der Waals surface area contributed by atoms with E-state index in [1.54, 1.807) is 24.3 Å². The normalized spacial score (nSPS) is 11.7. The summed E-state index contributed by atoms with van der Waals surface area (Å²) in [6.45, 7) is 2.04. The van der Waals surface area contributed by atoms with Crippen LogP contribution in [0.25, 0.3) is 0 Å². The van der Waals surface area contributed by atoms with Gasteiger partial charge in [-0.15, -0.1) is 0 Å². The maximum Gasteiger partial charge on any atom is 0.123 e. The molecule has 0 saturated heterocycles. The van der Waals surface area contributed by atoms with Crippen LogP contribution < -0.4 is 5.32 Å². The lowest BCUT2D eigenvalue weighted by atomic mass is 10.0. The number of hydrogen-bond acceptors (Lipinski definition) is 2. The summed E-state index contributed by atoms with van der Waals surface area (Å²) in [5.41, 5.74) is 2.39. The first-order valence-electron chi connectivity index (χ1n) is 6.35. The average molecular weight is 333 g/mol. The van der Waals surface area contributed by atoms with E-state index in [0.717, 1.165) is 22.1 Å². The average Bonchev–Trinajstić information content (AvgIpc) is 2.46. The van der Waals surface area contributed by atoms with Crippen molar-refractivity contribution < 1.29 is 4.39 Å². The van der Waals surface area contributed by atoms with Crippen LogP contribution in [0.5, 0.6) is 0 Å². The molecular formula is C16H14BrFN2. The van der Waals surface area contributed by atoms with Crippen molar-refractivity contribution in [2.45, 2.75) is 19.4 Å². The zero-order valence-corrected chi connectivity index (χ0v) is 12.6. The summed E-state index contributed by atoms with van der Waals surface area (Å²) in [7, 11) is 0. The van der Waals surface area contributed by atoms with Gasteiger partial charge >= 0.3 is 0 Å². The number of benzene rings is 2. The van der Waals surface area contributed by atoms with Crippen LogP contribution in [-0.4, -0.2) is 0 Å². The molecule has 0 bridgehead atoms.